The van der Waals surface area contributed by atoms with Gasteiger partial charge in [0.1, 0.15) is 5.60 Å². The van der Waals surface area contributed by atoms with Crippen molar-refractivity contribution in [3.05, 3.63) is 0 Å². The number of carboxylic acids is 2. The number of alkyl halides is 2. The minimum atomic E-state index is -2.82. The lowest BCUT2D eigenvalue weighted by Crippen LogP contribution is -2.66. The molecule has 0 radical (unpaired) electrons. The van der Waals surface area contributed by atoms with Crippen LogP contribution in [0.3, 0.4) is 0 Å². The van der Waals surface area contributed by atoms with E-state index in [2.05, 4.69) is 5.32 Å². The lowest BCUT2D eigenvalue weighted by atomic mass is 9.73. The normalized spacial score (nSPS) is 21.1. The van der Waals surface area contributed by atoms with Gasteiger partial charge in [-0.1, -0.05) is 0 Å². The Morgan fingerprint density at radius 2 is 1.58 bits per heavy atom. The lowest BCUT2D eigenvalue weighted by Gasteiger charge is -2.51. The third kappa shape index (κ3) is 5.91. The maximum Gasteiger partial charge on any atom is 0.414 e. The molecule has 0 atom stereocenters. The number of piperidine rings is 1. The van der Waals surface area contributed by atoms with Gasteiger partial charge >= 0.3 is 18.0 Å². The van der Waals surface area contributed by atoms with E-state index in [1.54, 1.807) is 20.8 Å². The number of aliphatic carboxylic acids is 2. The summed E-state index contributed by atoms with van der Waals surface area (Å²) in [6.07, 6.45) is -0.792. The predicted molar refractivity (Wildman–Crippen MR) is 77.9 cm³/mol. The quantitative estimate of drug-likeness (QED) is 0.557. The van der Waals surface area contributed by atoms with Crippen LogP contribution in [0.2, 0.25) is 0 Å². The molecule has 2 heterocycles. The summed E-state index contributed by atoms with van der Waals surface area (Å²) >= 11 is 0. The molecule has 3 N–H and O–H groups in total. The molecule has 1 spiro atoms. The number of nitrogens with one attached hydrogen (secondary N) is 1. The summed E-state index contributed by atoms with van der Waals surface area (Å²) < 4.78 is 32.5. The fourth-order valence-corrected chi connectivity index (χ4v) is 2.57. The average Bonchev–Trinajstić information content (AvgIpc) is 2.33. The molecule has 10 heteroatoms. The first kappa shape index (κ1) is 20.1. The van der Waals surface area contributed by atoms with E-state index < -0.39 is 41.5 Å². The highest BCUT2D eigenvalue weighted by atomic mass is 19.3. The lowest BCUT2D eigenvalue weighted by molar-refractivity contribution is -0.159. The van der Waals surface area contributed by atoms with Crippen LogP contribution in [0, 0.1) is 5.41 Å². The smallest absolute Gasteiger partial charge is 0.414 e. The number of hydrogen-bond donors (Lipinski definition) is 3. The van der Waals surface area contributed by atoms with Crippen LogP contribution in [-0.4, -0.2) is 70.8 Å². The van der Waals surface area contributed by atoms with Crippen molar-refractivity contribution in [1.29, 1.82) is 0 Å². The van der Waals surface area contributed by atoms with E-state index in [-0.39, 0.29) is 6.42 Å². The zero-order valence-electron chi connectivity index (χ0n) is 13.8. The molecule has 0 aromatic carbocycles. The van der Waals surface area contributed by atoms with Gasteiger partial charge in [-0.3, -0.25) is 0 Å². The molecule has 0 unspecified atom stereocenters. The first-order valence-electron chi connectivity index (χ1n) is 7.28. The number of carbonyl (C=O) groups is 3. The van der Waals surface area contributed by atoms with Crippen LogP contribution in [0.5, 0.6) is 0 Å². The van der Waals surface area contributed by atoms with Crippen molar-refractivity contribution in [1.82, 2.24) is 10.2 Å². The molecule has 2 aliphatic rings. The fourth-order valence-electron chi connectivity index (χ4n) is 2.57. The van der Waals surface area contributed by atoms with E-state index in [0.717, 1.165) is 4.90 Å². The van der Waals surface area contributed by atoms with E-state index in [0.29, 0.717) is 19.6 Å². The maximum atomic E-state index is 13.7. The van der Waals surface area contributed by atoms with Crippen molar-refractivity contribution in [3.8, 4) is 0 Å². The molecule has 1 amide bonds. The summed E-state index contributed by atoms with van der Waals surface area (Å²) in [6.45, 7) is 6.09. The van der Waals surface area contributed by atoms with Crippen LogP contribution in [0.1, 0.15) is 27.2 Å². The Labute approximate surface area is 137 Å². The van der Waals surface area contributed by atoms with Gasteiger partial charge in [0.05, 0.1) is 6.54 Å². The van der Waals surface area contributed by atoms with Crippen LogP contribution < -0.4 is 5.32 Å². The second-order valence-electron chi connectivity index (χ2n) is 7.08. The van der Waals surface area contributed by atoms with Crippen molar-refractivity contribution in [2.45, 2.75) is 38.7 Å². The van der Waals surface area contributed by atoms with Crippen molar-refractivity contribution >= 4 is 18.0 Å². The van der Waals surface area contributed by atoms with Crippen molar-refractivity contribution in [3.63, 3.8) is 0 Å². The molecule has 24 heavy (non-hydrogen) atoms. The zero-order chi connectivity index (χ0) is 18.8. The third-order valence-corrected chi connectivity index (χ3v) is 3.42. The molecule has 0 aromatic rings. The van der Waals surface area contributed by atoms with Gasteiger partial charge in [0, 0.05) is 31.5 Å². The number of ether oxygens (including phenoxy) is 1. The first-order valence-corrected chi connectivity index (χ1v) is 7.28. The zero-order valence-corrected chi connectivity index (χ0v) is 13.8. The summed E-state index contributed by atoms with van der Waals surface area (Å²) in [4.78, 5) is 31.2. The van der Waals surface area contributed by atoms with Crippen LogP contribution in [-0.2, 0) is 14.3 Å². The van der Waals surface area contributed by atoms with Gasteiger partial charge in [-0.2, -0.15) is 0 Å². The number of likely N-dealkylation sites (tertiary alicyclic amines) is 1. The van der Waals surface area contributed by atoms with Gasteiger partial charge in [-0.25, -0.2) is 23.2 Å². The monoisotopic (exact) mass is 352 g/mol. The van der Waals surface area contributed by atoms with E-state index in [1.165, 1.54) is 0 Å². The number of rotatable bonds is 0. The SMILES string of the molecule is CC(C)(C)OC(=O)N1CC(F)(F)CC2(CNC2)C1.O=C(O)C(=O)O. The van der Waals surface area contributed by atoms with Gasteiger partial charge in [0.2, 0.25) is 0 Å². The van der Waals surface area contributed by atoms with Crippen LogP contribution in [0.15, 0.2) is 0 Å². The van der Waals surface area contributed by atoms with Gasteiger partial charge in [0.25, 0.3) is 5.92 Å². The number of carbonyl (C=O) groups excluding carboxylic acids is 1. The van der Waals surface area contributed by atoms with Crippen molar-refractivity contribution in [2.24, 2.45) is 5.41 Å². The largest absolute Gasteiger partial charge is 0.473 e. The standard InChI is InChI=1S/C12H20F2N2O2.C2H2O4/c1-10(2,3)18-9(17)16-7-11(5-15-6-11)4-12(13,14)8-16;3-1(4)2(5)6/h15H,4-8H2,1-3H3;(H,3,4)(H,5,6). The van der Waals surface area contributed by atoms with Crippen molar-refractivity contribution in [2.75, 3.05) is 26.2 Å². The van der Waals surface area contributed by atoms with E-state index >= 15 is 0 Å². The van der Waals surface area contributed by atoms with Gasteiger partial charge < -0.3 is 25.2 Å². The Balaban J connectivity index is 0.000000413. The predicted octanol–water partition coefficient (Wildman–Crippen LogP) is 1.01. The third-order valence-electron chi connectivity index (χ3n) is 3.42. The first-order chi connectivity index (χ1) is 10.8. The summed E-state index contributed by atoms with van der Waals surface area (Å²) in [5, 5.41) is 17.8. The summed E-state index contributed by atoms with van der Waals surface area (Å²) in [7, 11) is 0. The Bertz CT molecular complexity index is 502. The number of amides is 1. The molecule has 0 aliphatic carbocycles. The molecular weight excluding hydrogens is 330 g/mol. The molecule has 2 saturated heterocycles. The number of nitrogens with zero attached hydrogens (tertiary/aromatic N) is 1. The van der Waals surface area contributed by atoms with E-state index in [1.807, 2.05) is 0 Å². The second kappa shape index (κ2) is 6.88. The topological polar surface area (TPSA) is 116 Å². The Morgan fingerprint density at radius 3 is 1.92 bits per heavy atom. The van der Waals surface area contributed by atoms with Gasteiger partial charge in [0.15, 0.2) is 0 Å². The Kier molecular flexibility index (Phi) is 5.75. The Hall–Kier alpha value is -1.97. The maximum absolute atomic E-state index is 13.7. The van der Waals surface area contributed by atoms with E-state index in [9.17, 15) is 13.6 Å². The molecule has 0 bridgehead atoms. The minimum Gasteiger partial charge on any atom is -0.473 e. The van der Waals surface area contributed by atoms with Crippen LogP contribution >= 0.6 is 0 Å². The van der Waals surface area contributed by atoms with Gasteiger partial charge in [-0.05, 0) is 20.8 Å². The molecular formula is C14H22F2N2O6. The summed E-state index contributed by atoms with van der Waals surface area (Å²) in [6, 6.07) is 0. The molecule has 138 valence electrons. The number of carboxylic acid groups (broad SMARTS) is 2. The molecule has 2 fully saturated rings. The minimum absolute atomic E-state index is 0.147. The Morgan fingerprint density at radius 1 is 1.08 bits per heavy atom. The van der Waals surface area contributed by atoms with E-state index in [4.69, 9.17) is 24.5 Å². The number of hydrogen-bond acceptors (Lipinski definition) is 5. The second-order valence-corrected chi connectivity index (χ2v) is 7.08. The molecule has 0 aromatic heterocycles. The number of halogens is 2. The molecule has 2 rings (SSSR count). The van der Waals surface area contributed by atoms with Gasteiger partial charge in [-0.15, -0.1) is 0 Å². The molecule has 8 nitrogen and oxygen atoms in total. The average molecular weight is 352 g/mol. The molecule has 0 saturated carbocycles. The highest BCUT2D eigenvalue weighted by molar-refractivity contribution is 6.27. The molecule has 2 aliphatic heterocycles. The van der Waals surface area contributed by atoms with Crippen LogP contribution in [0.25, 0.3) is 0 Å². The van der Waals surface area contributed by atoms with Crippen LogP contribution in [0.4, 0.5) is 13.6 Å². The fraction of sp³-hybridized carbons (Fsp3) is 0.786. The highest BCUT2D eigenvalue weighted by Crippen LogP contribution is 2.41. The summed E-state index contributed by atoms with van der Waals surface area (Å²) in [5.41, 5.74) is -1.13. The highest BCUT2D eigenvalue weighted by Gasteiger charge is 2.53. The van der Waals surface area contributed by atoms with Crippen molar-refractivity contribution < 1.29 is 38.1 Å². The summed E-state index contributed by atoms with van der Waals surface area (Å²) in [5.74, 6) is -6.47.